The molecule has 0 radical (unpaired) electrons. The average molecular weight is 451 g/mol. The third-order valence-electron chi connectivity index (χ3n) is 6.53. The largest absolute Gasteiger partial charge is 0.466 e. The zero-order valence-electron chi connectivity index (χ0n) is 19.1. The van der Waals surface area contributed by atoms with Crippen LogP contribution in [0.2, 0.25) is 0 Å². The van der Waals surface area contributed by atoms with Crippen molar-refractivity contribution < 1.29 is 14.3 Å². The molecule has 1 aromatic heterocycles. The Labute approximate surface area is 193 Å². The lowest BCUT2D eigenvalue weighted by Gasteiger charge is -2.36. The first-order valence-corrected chi connectivity index (χ1v) is 12.1. The average Bonchev–Trinajstić information content (AvgIpc) is 3.34. The smallest absolute Gasteiger partial charge is 0.336 e. The van der Waals surface area contributed by atoms with Crippen LogP contribution in [-0.4, -0.2) is 32.0 Å². The van der Waals surface area contributed by atoms with E-state index in [0.29, 0.717) is 17.6 Å². The summed E-state index contributed by atoms with van der Waals surface area (Å²) < 4.78 is 5.13. The van der Waals surface area contributed by atoms with Crippen LogP contribution in [0.1, 0.15) is 55.9 Å². The molecule has 0 spiro atoms. The molecular weight excluding hydrogens is 420 g/mol. The van der Waals surface area contributed by atoms with Gasteiger partial charge in [0, 0.05) is 58.9 Å². The van der Waals surface area contributed by atoms with Crippen molar-refractivity contribution in [3.05, 3.63) is 74.8 Å². The van der Waals surface area contributed by atoms with E-state index in [4.69, 9.17) is 4.74 Å². The summed E-state index contributed by atoms with van der Waals surface area (Å²) in [6.07, 6.45) is 1.23. The third kappa shape index (κ3) is 3.99. The number of carbonyl (C=O) groups is 2. The molecule has 0 bridgehead atoms. The Kier molecular flexibility index (Phi) is 6.51. The lowest BCUT2D eigenvalue weighted by molar-refractivity contribution is -0.136. The normalized spacial score (nSPS) is 20.7. The minimum atomic E-state index is -0.416. The molecular formula is C26H30N2O3S. The number of anilines is 1. The molecule has 2 unspecified atom stereocenters. The van der Waals surface area contributed by atoms with Gasteiger partial charge in [-0.2, -0.15) is 0 Å². The highest BCUT2D eigenvalue weighted by Crippen LogP contribution is 2.46. The fourth-order valence-corrected chi connectivity index (χ4v) is 5.77. The number of carbonyl (C=O) groups excluding carboxylic acids is 2. The Hall–Kier alpha value is -2.86. The van der Waals surface area contributed by atoms with Crippen molar-refractivity contribution in [3.8, 4) is 0 Å². The summed E-state index contributed by atoms with van der Waals surface area (Å²) >= 11 is 1.69. The van der Waals surface area contributed by atoms with E-state index >= 15 is 0 Å². The number of nitrogens with zero attached hydrogens (tertiary/aromatic N) is 1. The van der Waals surface area contributed by atoms with Crippen molar-refractivity contribution in [2.24, 2.45) is 0 Å². The number of allylic oxidation sites excluding steroid dienone is 3. The first-order valence-electron chi connectivity index (χ1n) is 11.2. The van der Waals surface area contributed by atoms with Crippen LogP contribution in [0.15, 0.2) is 64.3 Å². The minimum Gasteiger partial charge on any atom is -0.466 e. The second kappa shape index (κ2) is 9.33. The summed E-state index contributed by atoms with van der Waals surface area (Å²) in [6, 6.07) is 12.4. The Morgan fingerprint density at radius 1 is 1.16 bits per heavy atom. The van der Waals surface area contributed by atoms with E-state index in [0.717, 1.165) is 42.2 Å². The number of rotatable bonds is 6. The van der Waals surface area contributed by atoms with Crippen molar-refractivity contribution in [1.29, 1.82) is 0 Å². The highest BCUT2D eigenvalue weighted by atomic mass is 32.1. The van der Waals surface area contributed by atoms with Crippen LogP contribution >= 0.6 is 11.3 Å². The predicted octanol–water partition coefficient (Wildman–Crippen LogP) is 5.13. The molecule has 0 saturated carbocycles. The van der Waals surface area contributed by atoms with Crippen LogP contribution in [0.4, 0.5) is 5.69 Å². The maximum atomic E-state index is 13.5. The van der Waals surface area contributed by atoms with Crippen LogP contribution in [0, 0.1) is 0 Å². The Bertz CT molecular complexity index is 1060. The zero-order chi connectivity index (χ0) is 22.8. The van der Waals surface area contributed by atoms with E-state index in [2.05, 4.69) is 47.6 Å². The first-order chi connectivity index (χ1) is 15.5. The van der Waals surface area contributed by atoms with Gasteiger partial charge >= 0.3 is 5.97 Å². The van der Waals surface area contributed by atoms with Gasteiger partial charge in [-0.3, -0.25) is 4.79 Å². The number of esters is 1. The molecule has 0 fully saturated rings. The maximum absolute atomic E-state index is 13.5. The van der Waals surface area contributed by atoms with Crippen molar-refractivity contribution >= 4 is 28.8 Å². The molecule has 4 rings (SSSR count). The second-order valence-corrected chi connectivity index (χ2v) is 9.27. The fraction of sp³-hybridized carbons (Fsp3) is 0.385. The highest BCUT2D eigenvalue weighted by molar-refractivity contribution is 7.10. The topological polar surface area (TPSA) is 58.6 Å². The van der Waals surface area contributed by atoms with Gasteiger partial charge in [-0.05, 0) is 56.3 Å². The summed E-state index contributed by atoms with van der Waals surface area (Å²) in [6.45, 7) is 8.01. The number of Topliss-reactive ketones (excluding diaryl/α,β-unsaturated/α-hetero) is 1. The number of ether oxygens (including phenoxy) is 1. The van der Waals surface area contributed by atoms with Gasteiger partial charge < -0.3 is 15.0 Å². The Morgan fingerprint density at radius 2 is 1.88 bits per heavy atom. The number of hydrogen-bond acceptors (Lipinski definition) is 6. The minimum absolute atomic E-state index is 0.101. The summed E-state index contributed by atoms with van der Waals surface area (Å²) in [5.41, 5.74) is 4.99. The molecule has 2 heterocycles. The number of dihydropyridines is 1. The molecule has 1 N–H and O–H groups in total. The van der Waals surface area contributed by atoms with Gasteiger partial charge in [0.1, 0.15) is 0 Å². The van der Waals surface area contributed by atoms with E-state index in [1.54, 1.807) is 11.3 Å². The fourth-order valence-electron chi connectivity index (χ4n) is 4.94. The molecule has 2 atom stereocenters. The molecule has 1 aliphatic carbocycles. The molecule has 2 aromatic rings. The van der Waals surface area contributed by atoms with Gasteiger partial charge in [-0.25, -0.2) is 4.79 Å². The van der Waals surface area contributed by atoms with Crippen LogP contribution < -0.4 is 10.2 Å². The van der Waals surface area contributed by atoms with Crippen LogP contribution in [0.25, 0.3) is 0 Å². The summed E-state index contributed by atoms with van der Waals surface area (Å²) in [5, 5.41) is 5.44. The quantitative estimate of drug-likeness (QED) is 0.619. The van der Waals surface area contributed by atoms with E-state index < -0.39 is 11.9 Å². The maximum Gasteiger partial charge on any atom is 0.336 e. The summed E-state index contributed by atoms with van der Waals surface area (Å²) in [4.78, 5) is 29.8. The van der Waals surface area contributed by atoms with Gasteiger partial charge in [-0.15, -0.1) is 11.3 Å². The van der Waals surface area contributed by atoms with Crippen molar-refractivity contribution in [3.63, 3.8) is 0 Å². The summed E-state index contributed by atoms with van der Waals surface area (Å²) in [7, 11) is 1.39. The Morgan fingerprint density at radius 3 is 2.47 bits per heavy atom. The second-order valence-electron chi connectivity index (χ2n) is 8.29. The monoisotopic (exact) mass is 450 g/mol. The molecule has 0 saturated heterocycles. The SMILES string of the molecule is CCN(CC)c1ccc(C2C(C(=O)OC)=C(C)NC3=C2C(=O)CC(c2cccs2)C3)cc1. The standard InChI is InChI=1S/C26H30N2O3S/c1-5-28(6-2)19-11-9-17(10-12-19)24-23(26(30)31-4)16(3)27-20-14-18(15-21(29)25(20)24)22-8-7-13-32-22/h7-13,18,24,27H,5-6,14-15H2,1-4H3. The van der Waals surface area contributed by atoms with Crippen LogP contribution in [0.3, 0.4) is 0 Å². The van der Waals surface area contributed by atoms with Crippen molar-refractivity contribution in [2.45, 2.75) is 45.4 Å². The van der Waals surface area contributed by atoms with Gasteiger partial charge in [0.2, 0.25) is 0 Å². The zero-order valence-corrected chi connectivity index (χ0v) is 19.9. The molecule has 2 aliphatic rings. The molecule has 0 amide bonds. The predicted molar refractivity (Wildman–Crippen MR) is 129 cm³/mol. The van der Waals surface area contributed by atoms with Gasteiger partial charge in [0.05, 0.1) is 12.7 Å². The van der Waals surface area contributed by atoms with Gasteiger partial charge in [0.25, 0.3) is 0 Å². The number of hydrogen-bond donors (Lipinski definition) is 1. The van der Waals surface area contributed by atoms with Crippen LogP contribution in [0.5, 0.6) is 0 Å². The molecule has 6 heteroatoms. The number of methoxy groups -OCH3 is 1. The number of thiophene rings is 1. The molecule has 5 nitrogen and oxygen atoms in total. The first kappa shape index (κ1) is 22.3. The van der Waals surface area contributed by atoms with Gasteiger partial charge in [0.15, 0.2) is 5.78 Å². The summed E-state index contributed by atoms with van der Waals surface area (Å²) in [5.74, 6) is -0.537. The van der Waals surface area contributed by atoms with Crippen molar-refractivity contribution in [2.75, 3.05) is 25.1 Å². The molecule has 1 aliphatic heterocycles. The van der Waals surface area contributed by atoms with E-state index in [9.17, 15) is 9.59 Å². The van der Waals surface area contributed by atoms with Crippen LogP contribution in [-0.2, 0) is 14.3 Å². The molecule has 32 heavy (non-hydrogen) atoms. The molecule has 1 aromatic carbocycles. The third-order valence-corrected chi connectivity index (χ3v) is 7.57. The number of nitrogens with one attached hydrogen (secondary N) is 1. The van der Waals surface area contributed by atoms with E-state index in [1.807, 2.05) is 25.1 Å². The lowest BCUT2D eigenvalue weighted by atomic mass is 9.72. The Balaban J connectivity index is 1.78. The lowest BCUT2D eigenvalue weighted by Crippen LogP contribution is -2.35. The number of benzene rings is 1. The van der Waals surface area contributed by atoms with Gasteiger partial charge in [-0.1, -0.05) is 18.2 Å². The number of ketones is 1. The van der Waals surface area contributed by atoms with E-state index in [1.165, 1.54) is 12.0 Å². The van der Waals surface area contributed by atoms with Crippen molar-refractivity contribution in [1.82, 2.24) is 5.32 Å². The van der Waals surface area contributed by atoms with E-state index in [-0.39, 0.29) is 11.7 Å². The highest BCUT2D eigenvalue weighted by Gasteiger charge is 2.41. The molecule has 168 valence electrons.